The number of carbonyl (C=O) groups is 1. The number of nitro groups is 1. The van der Waals surface area contributed by atoms with E-state index in [0.717, 1.165) is 6.07 Å². The number of phenolic OH excluding ortho intramolecular Hbond substituents is 1. The molecule has 0 fully saturated rings. The number of benzene rings is 1. The van der Waals surface area contributed by atoms with E-state index in [1.54, 1.807) is 0 Å². The predicted molar refractivity (Wildman–Crippen MR) is 51.5 cm³/mol. The van der Waals surface area contributed by atoms with Crippen molar-refractivity contribution in [2.75, 3.05) is 0 Å². The maximum atomic E-state index is 10.6. The summed E-state index contributed by atoms with van der Waals surface area (Å²) in [6, 6.07) is 3.57. The molecule has 0 spiro atoms. The molecule has 0 saturated heterocycles. The summed E-state index contributed by atoms with van der Waals surface area (Å²) < 4.78 is 4.80. The van der Waals surface area contributed by atoms with Gasteiger partial charge in [-0.3, -0.25) is 10.1 Å². The molecule has 2 N–H and O–H groups in total. The van der Waals surface area contributed by atoms with Crippen molar-refractivity contribution >= 4 is 22.6 Å². The largest absolute Gasteiger partial charge is 0.499 e. The summed E-state index contributed by atoms with van der Waals surface area (Å²) in [4.78, 5) is 20.3. The minimum absolute atomic E-state index is 0.202. The van der Waals surface area contributed by atoms with Crippen molar-refractivity contribution in [1.29, 1.82) is 0 Å². The molecule has 1 heterocycles. The van der Waals surface area contributed by atoms with E-state index in [4.69, 9.17) is 9.52 Å². The quantitative estimate of drug-likeness (QED) is 0.592. The first-order valence-corrected chi connectivity index (χ1v) is 4.14. The Balaban J connectivity index is 2.74. The molecule has 0 bridgehead atoms. The van der Waals surface area contributed by atoms with Crippen LogP contribution in [0.2, 0.25) is 0 Å². The maximum absolute atomic E-state index is 10.6. The van der Waals surface area contributed by atoms with Gasteiger partial charge in [0.1, 0.15) is 0 Å². The molecule has 1 aromatic carbocycles. The molecule has 0 saturated carbocycles. The molecule has 1 aromatic heterocycles. The number of rotatable bonds is 2. The number of fused-ring (bicyclic) bond motifs is 1. The Labute approximate surface area is 87.7 Å². The van der Waals surface area contributed by atoms with Gasteiger partial charge < -0.3 is 14.6 Å². The van der Waals surface area contributed by atoms with Crippen LogP contribution in [0.4, 0.5) is 5.69 Å². The van der Waals surface area contributed by atoms with Crippen LogP contribution in [0.1, 0.15) is 10.6 Å². The summed E-state index contributed by atoms with van der Waals surface area (Å²) in [5, 5.41) is 28.9. The minimum Gasteiger partial charge on any atom is -0.499 e. The fourth-order valence-corrected chi connectivity index (χ4v) is 1.33. The third kappa shape index (κ3) is 1.34. The van der Waals surface area contributed by atoms with Gasteiger partial charge in [-0.1, -0.05) is 0 Å². The number of phenols is 1. The van der Waals surface area contributed by atoms with Gasteiger partial charge in [-0.15, -0.1) is 0 Å². The van der Waals surface area contributed by atoms with Gasteiger partial charge in [0.05, 0.1) is 4.92 Å². The van der Waals surface area contributed by atoms with Crippen molar-refractivity contribution in [2.24, 2.45) is 0 Å². The Morgan fingerprint density at radius 1 is 1.44 bits per heavy atom. The van der Waals surface area contributed by atoms with Crippen LogP contribution in [0.15, 0.2) is 22.6 Å². The highest BCUT2D eigenvalue weighted by atomic mass is 16.6. The molecule has 7 heteroatoms. The predicted octanol–water partition coefficient (Wildman–Crippen LogP) is 1.74. The second-order valence-corrected chi connectivity index (χ2v) is 3.02. The van der Waals surface area contributed by atoms with E-state index in [2.05, 4.69) is 0 Å². The van der Waals surface area contributed by atoms with Crippen LogP contribution in [0.5, 0.6) is 5.75 Å². The minimum atomic E-state index is -1.31. The van der Waals surface area contributed by atoms with Crippen LogP contribution < -0.4 is 0 Å². The fraction of sp³-hybridized carbons (Fsp3) is 0. The van der Waals surface area contributed by atoms with Crippen LogP contribution in [0.3, 0.4) is 0 Å². The van der Waals surface area contributed by atoms with Gasteiger partial charge in [0.15, 0.2) is 5.58 Å². The highest BCUT2D eigenvalue weighted by Gasteiger charge is 2.21. The van der Waals surface area contributed by atoms with E-state index < -0.39 is 22.3 Å². The number of aromatic carboxylic acids is 1. The second kappa shape index (κ2) is 3.23. The fourth-order valence-electron chi connectivity index (χ4n) is 1.33. The molecule has 7 nitrogen and oxygen atoms in total. The Bertz CT molecular complexity index is 599. The van der Waals surface area contributed by atoms with Crippen molar-refractivity contribution < 1.29 is 24.3 Å². The van der Waals surface area contributed by atoms with Crippen LogP contribution in [0.25, 0.3) is 11.0 Å². The number of carboxylic acids is 1. The summed E-state index contributed by atoms with van der Waals surface area (Å²) in [6.45, 7) is 0. The van der Waals surface area contributed by atoms with Crippen molar-refractivity contribution in [2.45, 2.75) is 0 Å². The standard InChI is InChI=1S/C9H5NO6/c11-7-5(10(14)15)2-1-4-3-6(9(12)13)16-8(4)7/h1-3,11H,(H,12,13). The monoisotopic (exact) mass is 223 g/mol. The molecule has 0 aliphatic carbocycles. The van der Waals surface area contributed by atoms with E-state index >= 15 is 0 Å². The number of aromatic hydroxyl groups is 1. The number of nitro benzene ring substituents is 1. The summed E-state index contributed by atoms with van der Waals surface area (Å²) in [5.74, 6) is -2.36. The zero-order chi connectivity index (χ0) is 11.9. The molecule has 2 aromatic rings. The van der Waals surface area contributed by atoms with Crippen molar-refractivity contribution in [3.8, 4) is 5.75 Å². The molecule has 0 unspecified atom stereocenters. The van der Waals surface area contributed by atoms with E-state index in [-0.39, 0.29) is 11.3 Å². The smallest absolute Gasteiger partial charge is 0.371 e. The van der Waals surface area contributed by atoms with Gasteiger partial charge in [-0.05, 0) is 12.1 Å². The molecule has 82 valence electrons. The zero-order valence-corrected chi connectivity index (χ0v) is 7.71. The van der Waals surface area contributed by atoms with Crippen LogP contribution in [-0.4, -0.2) is 21.1 Å². The SMILES string of the molecule is O=C(O)c1cc2ccc([N+](=O)[O-])c(O)c2o1. The first-order valence-electron chi connectivity index (χ1n) is 4.14. The van der Waals surface area contributed by atoms with Crippen LogP contribution in [0, 0.1) is 10.1 Å². The number of furan rings is 1. The van der Waals surface area contributed by atoms with Gasteiger partial charge in [0.25, 0.3) is 0 Å². The van der Waals surface area contributed by atoms with Gasteiger partial charge in [0, 0.05) is 11.5 Å². The number of hydrogen-bond acceptors (Lipinski definition) is 5. The van der Waals surface area contributed by atoms with E-state index in [1.165, 1.54) is 12.1 Å². The summed E-state index contributed by atoms with van der Waals surface area (Å²) >= 11 is 0. The average molecular weight is 223 g/mol. The topological polar surface area (TPSA) is 114 Å². The van der Waals surface area contributed by atoms with E-state index in [1.807, 2.05) is 0 Å². The molecule has 16 heavy (non-hydrogen) atoms. The van der Waals surface area contributed by atoms with Crippen LogP contribution >= 0.6 is 0 Å². The summed E-state index contributed by atoms with van der Waals surface area (Å²) in [6.07, 6.45) is 0. The number of carboxylic acid groups (broad SMARTS) is 1. The van der Waals surface area contributed by atoms with Gasteiger partial charge in [0.2, 0.25) is 11.5 Å². The van der Waals surface area contributed by atoms with E-state index in [0.29, 0.717) is 5.39 Å². The first-order chi connectivity index (χ1) is 7.50. The Morgan fingerprint density at radius 3 is 2.69 bits per heavy atom. The van der Waals surface area contributed by atoms with Gasteiger partial charge in [-0.25, -0.2) is 4.79 Å². The first kappa shape index (κ1) is 9.97. The lowest BCUT2D eigenvalue weighted by molar-refractivity contribution is -0.385. The molecule has 0 amide bonds. The molecule has 0 atom stereocenters. The molecule has 0 aliphatic heterocycles. The molecular formula is C9H5NO6. The second-order valence-electron chi connectivity index (χ2n) is 3.02. The summed E-state index contributed by atoms with van der Waals surface area (Å²) in [5.41, 5.74) is -0.731. The molecular weight excluding hydrogens is 218 g/mol. The molecule has 2 rings (SSSR count). The Kier molecular flexibility index (Phi) is 2.01. The van der Waals surface area contributed by atoms with E-state index in [9.17, 15) is 20.0 Å². The lowest BCUT2D eigenvalue weighted by Crippen LogP contribution is -1.91. The Hall–Kier alpha value is -2.57. The third-order valence-corrected chi connectivity index (χ3v) is 2.05. The lowest BCUT2D eigenvalue weighted by atomic mass is 10.2. The van der Waals surface area contributed by atoms with Gasteiger partial charge in [-0.2, -0.15) is 0 Å². The molecule has 0 radical (unpaired) electrons. The summed E-state index contributed by atoms with van der Waals surface area (Å²) in [7, 11) is 0. The zero-order valence-electron chi connectivity index (χ0n) is 7.71. The third-order valence-electron chi connectivity index (χ3n) is 2.05. The van der Waals surface area contributed by atoms with Crippen LogP contribution in [-0.2, 0) is 0 Å². The highest BCUT2D eigenvalue weighted by Crippen LogP contribution is 2.35. The van der Waals surface area contributed by atoms with Crippen molar-refractivity contribution in [1.82, 2.24) is 0 Å². The average Bonchev–Trinajstić information content (AvgIpc) is 2.62. The lowest BCUT2D eigenvalue weighted by Gasteiger charge is -1.95. The maximum Gasteiger partial charge on any atom is 0.371 e. The van der Waals surface area contributed by atoms with Crippen molar-refractivity contribution in [3.63, 3.8) is 0 Å². The highest BCUT2D eigenvalue weighted by molar-refractivity contribution is 5.94. The Morgan fingerprint density at radius 2 is 2.12 bits per heavy atom. The van der Waals surface area contributed by atoms with Crippen molar-refractivity contribution in [3.05, 3.63) is 34.1 Å². The number of hydrogen-bond donors (Lipinski definition) is 2. The van der Waals surface area contributed by atoms with Gasteiger partial charge >= 0.3 is 11.7 Å². The molecule has 0 aliphatic rings. The number of nitrogens with zero attached hydrogens (tertiary/aromatic N) is 1. The normalized spacial score (nSPS) is 10.5.